The van der Waals surface area contributed by atoms with Gasteiger partial charge >= 0.3 is 5.97 Å². The Balaban J connectivity index is 1.93. The molecule has 0 aliphatic carbocycles. The molecule has 0 saturated carbocycles. The van der Waals surface area contributed by atoms with E-state index in [0.717, 1.165) is 5.56 Å². The topological polar surface area (TPSA) is 106 Å². The van der Waals surface area contributed by atoms with Gasteiger partial charge < -0.3 is 14.7 Å². The standard InChI is InChI=1S/C28H34N4O4S/c1-17(2)14-28(26(34)35)15-19(21-16-29-9-10-30-21)23(24-31-11-12-37-24)32(28)25(33)18-7-8-20(27(3,4)5)22(13-18)36-6/h7-13,16-17,19,23H,14-15H2,1-6H3,(H,34,35)/t19-,23+,28-/m0/s1. The Labute approximate surface area is 221 Å². The molecule has 3 atom stereocenters. The Morgan fingerprint density at radius 3 is 2.51 bits per heavy atom. The fourth-order valence-electron chi connectivity index (χ4n) is 5.49. The lowest BCUT2D eigenvalue weighted by molar-refractivity contribution is -0.150. The SMILES string of the molecule is COc1cc(C(=O)N2[C@@H](c3nccs3)[C@H](c3cnccn3)C[C@@]2(CC(C)C)C(=O)O)ccc1C(C)(C)C. The first-order valence-electron chi connectivity index (χ1n) is 12.4. The number of aromatic nitrogens is 3. The second-order valence-electron chi connectivity index (χ2n) is 11.0. The van der Waals surface area contributed by atoms with E-state index in [1.54, 1.807) is 48.9 Å². The first-order chi connectivity index (χ1) is 17.5. The minimum absolute atomic E-state index is 0.0294. The number of carboxylic acids is 1. The zero-order chi connectivity index (χ0) is 27.0. The lowest BCUT2D eigenvalue weighted by Gasteiger charge is -2.39. The molecule has 1 aliphatic heterocycles. The van der Waals surface area contributed by atoms with E-state index in [2.05, 4.69) is 35.7 Å². The fourth-order valence-corrected chi connectivity index (χ4v) is 6.28. The monoisotopic (exact) mass is 522 g/mol. The summed E-state index contributed by atoms with van der Waals surface area (Å²) >= 11 is 1.41. The fraction of sp³-hybridized carbons (Fsp3) is 0.464. The molecule has 1 fully saturated rings. The first kappa shape index (κ1) is 26.7. The average Bonchev–Trinajstić information content (AvgIpc) is 3.49. The smallest absolute Gasteiger partial charge is 0.329 e. The third-order valence-corrected chi connectivity index (χ3v) is 7.81. The lowest BCUT2D eigenvalue weighted by atomic mass is 9.82. The van der Waals surface area contributed by atoms with Crippen molar-refractivity contribution in [2.24, 2.45) is 5.92 Å². The van der Waals surface area contributed by atoms with Crippen LogP contribution in [0.3, 0.4) is 0 Å². The van der Waals surface area contributed by atoms with Crippen LogP contribution in [0.15, 0.2) is 48.4 Å². The third-order valence-electron chi connectivity index (χ3n) is 6.96. The van der Waals surface area contributed by atoms with Gasteiger partial charge in [-0.1, -0.05) is 40.7 Å². The van der Waals surface area contributed by atoms with Crippen molar-refractivity contribution >= 4 is 23.2 Å². The Bertz CT molecular complexity index is 1260. The van der Waals surface area contributed by atoms with Crippen LogP contribution < -0.4 is 4.74 Å². The van der Waals surface area contributed by atoms with Gasteiger partial charge in [0.05, 0.1) is 18.8 Å². The number of methoxy groups -OCH3 is 1. The third kappa shape index (κ3) is 4.97. The molecule has 0 bridgehead atoms. The highest BCUT2D eigenvalue weighted by Gasteiger charge is 2.60. The van der Waals surface area contributed by atoms with Crippen LogP contribution >= 0.6 is 11.3 Å². The van der Waals surface area contributed by atoms with Gasteiger partial charge in [-0.05, 0) is 41.9 Å². The van der Waals surface area contributed by atoms with Gasteiger partial charge in [0.2, 0.25) is 0 Å². The van der Waals surface area contributed by atoms with Crippen LogP contribution in [0.4, 0.5) is 0 Å². The summed E-state index contributed by atoms with van der Waals surface area (Å²) in [5.74, 6) is -1.15. The molecule has 0 radical (unpaired) electrons. The van der Waals surface area contributed by atoms with Crippen molar-refractivity contribution in [1.29, 1.82) is 0 Å². The van der Waals surface area contributed by atoms with Crippen molar-refractivity contribution < 1.29 is 19.4 Å². The molecule has 0 spiro atoms. The number of thiazole rings is 1. The van der Waals surface area contributed by atoms with E-state index in [1.807, 2.05) is 25.3 Å². The molecule has 1 N–H and O–H groups in total. The Morgan fingerprint density at radius 2 is 1.97 bits per heavy atom. The number of nitrogens with zero attached hydrogens (tertiary/aromatic N) is 4. The van der Waals surface area contributed by atoms with Crippen LogP contribution in [0.5, 0.6) is 5.75 Å². The van der Waals surface area contributed by atoms with E-state index >= 15 is 0 Å². The number of ether oxygens (including phenoxy) is 1. The van der Waals surface area contributed by atoms with Crippen molar-refractivity contribution in [1.82, 2.24) is 19.9 Å². The number of likely N-dealkylation sites (tertiary alicyclic amines) is 1. The van der Waals surface area contributed by atoms with Crippen LogP contribution in [0.1, 0.15) is 86.0 Å². The molecule has 196 valence electrons. The summed E-state index contributed by atoms with van der Waals surface area (Å²) in [5, 5.41) is 13.3. The van der Waals surface area contributed by atoms with Gasteiger partial charge in [0.15, 0.2) is 0 Å². The molecule has 3 heterocycles. The highest BCUT2D eigenvalue weighted by molar-refractivity contribution is 7.09. The molecule has 8 nitrogen and oxygen atoms in total. The number of carbonyl (C=O) groups excluding carboxylic acids is 1. The number of aliphatic carboxylic acids is 1. The molecular formula is C28H34N4O4S. The van der Waals surface area contributed by atoms with Crippen LogP contribution in [0.25, 0.3) is 0 Å². The highest BCUT2D eigenvalue weighted by atomic mass is 32.1. The van der Waals surface area contributed by atoms with E-state index in [0.29, 0.717) is 28.4 Å². The zero-order valence-electron chi connectivity index (χ0n) is 22.1. The summed E-state index contributed by atoms with van der Waals surface area (Å²) in [7, 11) is 1.58. The molecule has 9 heteroatoms. The predicted octanol–water partition coefficient (Wildman–Crippen LogP) is 5.48. The Hall–Kier alpha value is -3.33. The molecule has 3 aromatic rings. The molecule has 0 unspecified atom stereocenters. The van der Waals surface area contributed by atoms with Gasteiger partial charge in [-0.25, -0.2) is 9.78 Å². The molecule has 37 heavy (non-hydrogen) atoms. The van der Waals surface area contributed by atoms with Crippen molar-refractivity contribution in [3.05, 3.63) is 70.2 Å². The number of benzene rings is 1. The van der Waals surface area contributed by atoms with Crippen LogP contribution in [0.2, 0.25) is 0 Å². The van der Waals surface area contributed by atoms with Gasteiger partial charge in [-0.15, -0.1) is 11.3 Å². The second-order valence-corrected chi connectivity index (χ2v) is 12.0. The van der Waals surface area contributed by atoms with E-state index in [9.17, 15) is 14.7 Å². The summed E-state index contributed by atoms with van der Waals surface area (Å²) in [4.78, 5) is 42.4. The summed E-state index contributed by atoms with van der Waals surface area (Å²) in [6, 6.07) is 4.78. The van der Waals surface area contributed by atoms with Crippen molar-refractivity contribution in [2.45, 2.75) is 70.4 Å². The normalized spacial score (nSPS) is 21.9. The van der Waals surface area contributed by atoms with Crippen molar-refractivity contribution in [2.75, 3.05) is 7.11 Å². The Kier molecular flexibility index (Phi) is 7.37. The second kappa shape index (κ2) is 10.2. The number of carboxylic acid groups (broad SMARTS) is 1. The van der Waals surface area contributed by atoms with Crippen LogP contribution in [0, 0.1) is 5.92 Å². The molecule has 1 amide bonds. The van der Waals surface area contributed by atoms with E-state index in [4.69, 9.17) is 4.74 Å². The number of rotatable bonds is 7. The number of hydrogen-bond acceptors (Lipinski definition) is 7. The number of hydrogen-bond donors (Lipinski definition) is 1. The zero-order valence-corrected chi connectivity index (χ0v) is 23.0. The van der Waals surface area contributed by atoms with Crippen molar-refractivity contribution in [3.8, 4) is 5.75 Å². The van der Waals surface area contributed by atoms with Gasteiger partial charge in [0.25, 0.3) is 5.91 Å². The maximum absolute atomic E-state index is 14.4. The van der Waals surface area contributed by atoms with Crippen molar-refractivity contribution in [3.63, 3.8) is 0 Å². The minimum atomic E-state index is -1.44. The van der Waals surface area contributed by atoms with Gasteiger partial charge in [0, 0.05) is 41.6 Å². The number of amides is 1. The summed E-state index contributed by atoms with van der Waals surface area (Å²) in [5.41, 5.74) is 0.352. The maximum Gasteiger partial charge on any atom is 0.329 e. The lowest BCUT2D eigenvalue weighted by Crippen LogP contribution is -2.54. The van der Waals surface area contributed by atoms with Crippen LogP contribution in [-0.2, 0) is 10.2 Å². The summed E-state index contributed by atoms with van der Waals surface area (Å²) < 4.78 is 5.66. The van der Waals surface area contributed by atoms with Gasteiger partial charge in [0.1, 0.15) is 16.3 Å². The van der Waals surface area contributed by atoms with E-state index in [-0.39, 0.29) is 29.6 Å². The molecule has 2 aromatic heterocycles. The maximum atomic E-state index is 14.4. The summed E-state index contributed by atoms with van der Waals surface area (Å²) in [6.45, 7) is 10.2. The van der Waals surface area contributed by atoms with E-state index < -0.39 is 17.6 Å². The summed E-state index contributed by atoms with van der Waals surface area (Å²) in [6.07, 6.45) is 7.03. The van der Waals surface area contributed by atoms with E-state index in [1.165, 1.54) is 11.3 Å². The Morgan fingerprint density at radius 1 is 1.22 bits per heavy atom. The minimum Gasteiger partial charge on any atom is -0.496 e. The van der Waals surface area contributed by atoms with Crippen LogP contribution in [-0.4, -0.2) is 49.5 Å². The van der Waals surface area contributed by atoms with Gasteiger partial charge in [-0.2, -0.15) is 0 Å². The molecule has 1 aromatic carbocycles. The molecule has 4 rings (SSSR count). The first-order valence-corrected chi connectivity index (χ1v) is 13.3. The largest absolute Gasteiger partial charge is 0.496 e. The van der Waals surface area contributed by atoms with Gasteiger partial charge in [-0.3, -0.25) is 14.8 Å². The molecular weight excluding hydrogens is 488 g/mol. The quantitative estimate of drug-likeness (QED) is 0.438. The highest BCUT2D eigenvalue weighted by Crippen LogP contribution is 2.54. The predicted molar refractivity (Wildman–Crippen MR) is 142 cm³/mol. The number of carbonyl (C=O) groups is 2. The average molecular weight is 523 g/mol. The molecule has 1 aliphatic rings. The molecule has 1 saturated heterocycles.